The van der Waals surface area contributed by atoms with Gasteiger partial charge < -0.3 is 11.1 Å². The summed E-state index contributed by atoms with van der Waals surface area (Å²) in [5.74, 6) is -0.352. The number of benzene rings is 1. The van der Waals surface area contributed by atoms with Gasteiger partial charge in [-0.2, -0.15) is 0 Å². The van der Waals surface area contributed by atoms with Gasteiger partial charge in [0, 0.05) is 31.8 Å². The van der Waals surface area contributed by atoms with E-state index in [-0.39, 0.29) is 24.6 Å². The number of hydrogen-bond donors (Lipinski definition) is 3. The Labute approximate surface area is 115 Å². The number of nitrogens with one attached hydrogen (secondary N) is 2. The topological polar surface area (TPSA) is 144 Å². The lowest BCUT2D eigenvalue weighted by Gasteiger charge is -2.07. The summed E-state index contributed by atoms with van der Waals surface area (Å²) in [6.07, 6.45) is -0.0775. The first-order valence-corrected chi connectivity index (χ1v) is 7.00. The van der Waals surface area contributed by atoms with Gasteiger partial charge in [0.05, 0.1) is 4.92 Å². The van der Waals surface area contributed by atoms with Crippen LogP contribution < -0.4 is 15.8 Å². The summed E-state index contributed by atoms with van der Waals surface area (Å²) >= 11 is 0. The lowest BCUT2D eigenvalue weighted by molar-refractivity contribution is -0.387. The third-order valence-electron chi connectivity index (χ3n) is 2.39. The number of nitrogens with zero attached hydrogens (tertiary/aromatic N) is 1. The van der Waals surface area contributed by atoms with Gasteiger partial charge >= 0.3 is 0 Å². The summed E-state index contributed by atoms with van der Waals surface area (Å²) in [7, 11) is -2.70. The number of amides is 1. The minimum atomic E-state index is -4.11. The second kappa shape index (κ2) is 6.30. The number of nitrogen functional groups attached to an aromatic ring is 1. The molecule has 0 fully saturated rings. The van der Waals surface area contributed by atoms with Gasteiger partial charge in [-0.05, 0) is 12.1 Å². The summed E-state index contributed by atoms with van der Waals surface area (Å²) < 4.78 is 26.1. The second-order valence-corrected chi connectivity index (χ2v) is 5.54. The van der Waals surface area contributed by atoms with Crippen molar-refractivity contribution in [1.29, 1.82) is 0 Å². The molecule has 0 atom stereocenters. The maximum Gasteiger partial charge on any atom is 0.289 e. The van der Waals surface area contributed by atoms with Gasteiger partial charge in [0.1, 0.15) is 0 Å². The molecule has 0 radical (unpaired) electrons. The zero-order valence-electron chi connectivity index (χ0n) is 10.6. The van der Waals surface area contributed by atoms with E-state index in [2.05, 4.69) is 10.0 Å². The van der Waals surface area contributed by atoms with E-state index in [0.717, 1.165) is 12.1 Å². The van der Waals surface area contributed by atoms with Crippen LogP contribution in [-0.4, -0.2) is 32.8 Å². The molecule has 9 nitrogen and oxygen atoms in total. The van der Waals surface area contributed by atoms with Crippen molar-refractivity contribution in [3.63, 3.8) is 0 Å². The van der Waals surface area contributed by atoms with E-state index in [9.17, 15) is 23.3 Å². The maximum absolute atomic E-state index is 12.0. The van der Waals surface area contributed by atoms with Crippen LogP contribution in [0.3, 0.4) is 0 Å². The lowest BCUT2D eigenvalue weighted by Crippen LogP contribution is -2.29. The Morgan fingerprint density at radius 3 is 2.65 bits per heavy atom. The normalized spacial score (nSPS) is 11.1. The van der Waals surface area contributed by atoms with E-state index in [0.29, 0.717) is 0 Å². The first-order valence-electron chi connectivity index (χ1n) is 5.52. The van der Waals surface area contributed by atoms with E-state index < -0.39 is 25.5 Å². The third-order valence-corrected chi connectivity index (χ3v) is 3.88. The van der Waals surface area contributed by atoms with Crippen molar-refractivity contribution in [2.45, 2.75) is 11.3 Å². The zero-order chi connectivity index (χ0) is 15.3. The van der Waals surface area contributed by atoms with Gasteiger partial charge in [0.25, 0.3) is 5.69 Å². The molecule has 1 rings (SSSR count). The van der Waals surface area contributed by atoms with Crippen molar-refractivity contribution in [3.8, 4) is 0 Å². The molecule has 0 bridgehead atoms. The monoisotopic (exact) mass is 302 g/mol. The molecule has 0 aliphatic heterocycles. The number of carbonyl (C=O) groups is 1. The molecule has 1 amide bonds. The highest BCUT2D eigenvalue weighted by molar-refractivity contribution is 7.89. The smallest absolute Gasteiger partial charge is 0.289 e. The van der Waals surface area contributed by atoms with E-state index in [4.69, 9.17) is 5.73 Å². The van der Waals surface area contributed by atoms with Gasteiger partial charge in [-0.15, -0.1) is 0 Å². The Morgan fingerprint density at radius 1 is 1.45 bits per heavy atom. The summed E-state index contributed by atoms with van der Waals surface area (Å²) in [5.41, 5.74) is 4.95. The first-order chi connectivity index (χ1) is 9.27. The van der Waals surface area contributed by atoms with Crippen LogP contribution in [0.25, 0.3) is 0 Å². The van der Waals surface area contributed by atoms with Crippen molar-refractivity contribution < 1.29 is 18.1 Å². The van der Waals surface area contributed by atoms with Gasteiger partial charge in [0.2, 0.25) is 15.9 Å². The molecule has 110 valence electrons. The van der Waals surface area contributed by atoms with Crippen molar-refractivity contribution in [2.75, 3.05) is 19.3 Å². The van der Waals surface area contributed by atoms with Crippen molar-refractivity contribution in [1.82, 2.24) is 10.0 Å². The van der Waals surface area contributed by atoms with Crippen LogP contribution in [0.5, 0.6) is 0 Å². The Kier molecular flexibility index (Phi) is 5.00. The van der Waals surface area contributed by atoms with Crippen LogP contribution in [0.2, 0.25) is 0 Å². The second-order valence-electron chi connectivity index (χ2n) is 3.81. The fraction of sp³-hybridized carbons (Fsp3) is 0.300. The van der Waals surface area contributed by atoms with Gasteiger partial charge in [0.15, 0.2) is 4.90 Å². The Balaban J connectivity index is 3.00. The van der Waals surface area contributed by atoms with Crippen LogP contribution in [0.1, 0.15) is 6.42 Å². The summed E-state index contributed by atoms with van der Waals surface area (Å²) in [5, 5.41) is 13.1. The third kappa shape index (κ3) is 3.90. The number of rotatable bonds is 6. The molecule has 1 aromatic carbocycles. The molecule has 20 heavy (non-hydrogen) atoms. The molecule has 0 saturated heterocycles. The molecule has 0 unspecified atom stereocenters. The van der Waals surface area contributed by atoms with Crippen LogP contribution in [0.15, 0.2) is 23.1 Å². The molecule has 0 aromatic heterocycles. The molecule has 1 aromatic rings. The standard InChI is InChI=1S/C10H14N4O5S/c1-12-10(15)4-5-13-20(18,19)9-6-7(11)2-3-8(9)14(16)17/h2-3,6,13H,4-5,11H2,1H3,(H,12,15). The molecule has 0 heterocycles. The Bertz CT molecular complexity index is 629. The van der Waals surface area contributed by atoms with Crippen molar-refractivity contribution in [2.24, 2.45) is 0 Å². The highest BCUT2D eigenvalue weighted by atomic mass is 32.2. The van der Waals surface area contributed by atoms with E-state index in [1.807, 2.05) is 0 Å². The molecule has 10 heteroatoms. The van der Waals surface area contributed by atoms with Crippen molar-refractivity contribution >= 4 is 27.3 Å². The SMILES string of the molecule is CNC(=O)CCNS(=O)(=O)c1cc(N)ccc1[N+](=O)[O-]. The highest BCUT2D eigenvalue weighted by Crippen LogP contribution is 2.25. The zero-order valence-corrected chi connectivity index (χ0v) is 11.4. The minimum Gasteiger partial charge on any atom is -0.399 e. The fourth-order valence-corrected chi connectivity index (χ4v) is 2.63. The summed E-state index contributed by atoms with van der Waals surface area (Å²) in [6, 6.07) is 3.25. The van der Waals surface area contributed by atoms with Crippen molar-refractivity contribution in [3.05, 3.63) is 28.3 Å². The predicted octanol–water partition coefficient (Wildman–Crippen LogP) is -0.409. The lowest BCUT2D eigenvalue weighted by atomic mass is 10.3. The molecular formula is C10H14N4O5S. The molecule has 0 saturated carbocycles. The van der Waals surface area contributed by atoms with E-state index in [1.165, 1.54) is 13.1 Å². The quantitative estimate of drug-likeness (QED) is 0.370. The fourth-order valence-electron chi connectivity index (χ4n) is 1.40. The largest absolute Gasteiger partial charge is 0.399 e. The van der Waals surface area contributed by atoms with Gasteiger partial charge in [-0.25, -0.2) is 13.1 Å². The highest BCUT2D eigenvalue weighted by Gasteiger charge is 2.25. The number of anilines is 1. The molecule has 0 spiro atoms. The average molecular weight is 302 g/mol. The molecular weight excluding hydrogens is 288 g/mol. The minimum absolute atomic E-state index is 0.0775. The molecule has 0 aliphatic rings. The molecule has 4 N–H and O–H groups in total. The Hall–Kier alpha value is -2.20. The number of nitrogens with two attached hydrogens (primary N) is 1. The van der Waals surface area contributed by atoms with Crippen LogP contribution in [-0.2, 0) is 14.8 Å². The molecule has 0 aliphatic carbocycles. The van der Waals surface area contributed by atoms with Gasteiger partial charge in [-0.1, -0.05) is 0 Å². The maximum atomic E-state index is 12.0. The average Bonchev–Trinajstić information content (AvgIpc) is 2.37. The van der Waals surface area contributed by atoms with Crippen LogP contribution >= 0.6 is 0 Å². The van der Waals surface area contributed by atoms with E-state index in [1.54, 1.807) is 0 Å². The number of carbonyl (C=O) groups excluding carboxylic acids is 1. The number of hydrogen-bond acceptors (Lipinski definition) is 6. The number of nitro groups is 1. The van der Waals surface area contributed by atoms with Crippen LogP contribution in [0.4, 0.5) is 11.4 Å². The summed E-state index contributed by atoms with van der Waals surface area (Å²) in [4.78, 5) is 20.5. The van der Waals surface area contributed by atoms with E-state index >= 15 is 0 Å². The first kappa shape index (κ1) is 15.9. The Morgan fingerprint density at radius 2 is 2.10 bits per heavy atom. The number of sulfonamides is 1. The predicted molar refractivity (Wildman–Crippen MR) is 71.4 cm³/mol. The summed E-state index contributed by atoms with van der Waals surface area (Å²) in [6.45, 7) is -0.173. The van der Waals surface area contributed by atoms with Gasteiger partial charge in [-0.3, -0.25) is 14.9 Å². The van der Waals surface area contributed by atoms with Crippen LogP contribution in [0, 0.1) is 10.1 Å². The number of nitro benzene ring substituents is 1.